The van der Waals surface area contributed by atoms with E-state index in [-0.39, 0.29) is 11.7 Å². The molecule has 0 saturated heterocycles. The molecule has 0 atom stereocenters. The molecule has 0 heterocycles. The molecule has 0 aliphatic carbocycles. The van der Waals surface area contributed by atoms with Gasteiger partial charge in [0.05, 0.1) is 23.4 Å². The predicted octanol–water partition coefficient (Wildman–Crippen LogP) is 2.53. The van der Waals surface area contributed by atoms with Gasteiger partial charge in [0.15, 0.2) is 0 Å². The summed E-state index contributed by atoms with van der Waals surface area (Å²) in [5, 5.41) is 2.81. The van der Waals surface area contributed by atoms with E-state index < -0.39 is 9.33 Å². The first-order chi connectivity index (χ1) is 11.4. The minimum atomic E-state index is -4.05. The minimum absolute atomic E-state index is 0.131. The molecular formula is C16H16ClNO5S. The fourth-order valence-corrected chi connectivity index (χ4v) is 2.63. The second-order valence-corrected chi connectivity index (χ2v) is 6.91. The van der Waals surface area contributed by atoms with Crippen LogP contribution in [0.4, 0.5) is 0 Å². The van der Waals surface area contributed by atoms with Crippen molar-refractivity contribution in [3.63, 3.8) is 0 Å². The van der Waals surface area contributed by atoms with Crippen molar-refractivity contribution in [1.82, 2.24) is 5.32 Å². The standard InChI is InChI=1S/C16H16ClNO5S/c1-22-15-5-3-2-4-14(15)16(19)18-11-10-12-6-8-13(9-7-12)23-24(17,20)21/h2-9H,10-11H2,1H3,(H,18,19). The molecule has 2 aromatic carbocycles. The van der Waals surface area contributed by atoms with E-state index in [0.717, 1.165) is 5.56 Å². The molecule has 6 nitrogen and oxygen atoms in total. The molecule has 1 amide bonds. The average molecular weight is 370 g/mol. The number of ether oxygens (including phenoxy) is 1. The number of para-hydroxylation sites is 1. The quantitative estimate of drug-likeness (QED) is 0.758. The van der Waals surface area contributed by atoms with Crippen molar-refractivity contribution in [2.75, 3.05) is 13.7 Å². The smallest absolute Gasteiger partial charge is 0.401 e. The van der Waals surface area contributed by atoms with Gasteiger partial charge in [-0.3, -0.25) is 4.79 Å². The van der Waals surface area contributed by atoms with Gasteiger partial charge in [-0.25, -0.2) is 0 Å². The molecule has 0 bridgehead atoms. The molecule has 0 aromatic heterocycles. The van der Waals surface area contributed by atoms with Crippen molar-refractivity contribution in [3.8, 4) is 11.5 Å². The first-order valence-corrected chi connectivity index (χ1v) is 9.27. The van der Waals surface area contributed by atoms with E-state index in [0.29, 0.717) is 24.3 Å². The number of carbonyl (C=O) groups is 1. The third kappa shape index (κ3) is 5.43. The number of amides is 1. The van der Waals surface area contributed by atoms with Crippen LogP contribution in [0.25, 0.3) is 0 Å². The highest BCUT2D eigenvalue weighted by Gasteiger charge is 2.11. The fraction of sp³-hybridized carbons (Fsp3) is 0.188. The lowest BCUT2D eigenvalue weighted by Crippen LogP contribution is -2.26. The zero-order chi connectivity index (χ0) is 17.6. The highest BCUT2D eigenvalue weighted by atomic mass is 35.7. The van der Waals surface area contributed by atoms with Gasteiger partial charge in [-0.2, -0.15) is 8.42 Å². The second-order valence-electron chi connectivity index (χ2n) is 4.83. The maximum Gasteiger partial charge on any atom is 0.401 e. The highest BCUT2D eigenvalue weighted by molar-refractivity contribution is 8.10. The SMILES string of the molecule is COc1ccccc1C(=O)NCCc1ccc(OS(=O)(=O)Cl)cc1. The van der Waals surface area contributed by atoms with Crippen molar-refractivity contribution < 1.29 is 22.1 Å². The molecule has 1 N–H and O–H groups in total. The van der Waals surface area contributed by atoms with Crippen LogP contribution in [0.1, 0.15) is 15.9 Å². The lowest BCUT2D eigenvalue weighted by molar-refractivity contribution is 0.0951. The van der Waals surface area contributed by atoms with E-state index in [2.05, 4.69) is 9.50 Å². The van der Waals surface area contributed by atoms with Gasteiger partial charge in [-0.1, -0.05) is 24.3 Å². The summed E-state index contributed by atoms with van der Waals surface area (Å²) >= 11 is 0. The number of hydrogen-bond donors (Lipinski definition) is 1. The first-order valence-electron chi connectivity index (χ1n) is 7.03. The van der Waals surface area contributed by atoms with Gasteiger partial charge in [0.1, 0.15) is 11.5 Å². The molecule has 2 aromatic rings. The van der Waals surface area contributed by atoms with Crippen molar-refractivity contribution >= 4 is 25.9 Å². The number of rotatable bonds is 7. The molecule has 0 unspecified atom stereocenters. The van der Waals surface area contributed by atoms with Crippen LogP contribution in [0.15, 0.2) is 48.5 Å². The van der Waals surface area contributed by atoms with Crippen LogP contribution >= 0.6 is 10.7 Å². The van der Waals surface area contributed by atoms with Crippen LogP contribution in [0, 0.1) is 0 Å². The van der Waals surface area contributed by atoms with E-state index in [1.165, 1.54) is 19.2 Å². The van der Waals surface area contributed by atoms with Crippen LogP contribution in [-0.2, 0) is 15.8 Å². The number of carbonyl (C=O) groups excluding carboxylic acids is 1. The lowest BCUT2D eigenvalue weighted by Gasteiger charge is -2.09. The third-order valence-corrected chi connectivity index (χ3v) is 3.75. The van der Waals surface area contributed by atoms with Crippen LogP contribution in [0.2, 0.25) is 0 Å². The maximum absolute atomic E-state index is 12.1. The number of methoxy groups -OCH3 is 1. The Labute approximate surface area is 145 Å². The summed E-state index contributed by atoms with van der Waals surface area (Å²) in [6.07, 6.45) is 0.578. The van der Waals surface area contributed by atoms with E-state index >= 15 is 0 Å². The molecule has 0 fully saturated rings. The summed E-state index contributed by atoms with van der Waals surface area (Å²) in [5.74, 6) is 0.422. The largest absolute Gasteiger partial charge is 0.496 e. The second kappa shape index (κ2) is 8.03. The molecule has 0 saturated carbocycles. The lowest BCUT2D eigenvalue weighted by atomic mass is 10.1. The fourth-order valence-electron chi connectivity index (χ4n) is 2.07. The predicted molar refractivity (Wildman–Crippen MR) is 90.9 cm³/mol. The Morgan fingerprint density at radius 1 is 1.12 bits per heavy atom. The average Bonchev–Trinajstić information content (AvgIpc) is 2.55. The number of benzene rings is 2. The monoisotopic (exact) mass is 369 g/mol. The van der Waals surface area contributed by atoms with Crippen molar-refractivity contribution in [3.05, 3.63) is 59.7 Å². The van der Waals surface area contributed by atoms with Gasteiger partial charge >= 0.3 is 9.33 Å². The molecule has 24 heavy (non-hydrogen) atoms. The Morgan fingerprint density at radius 3 is 2.42 bits per heavy atom. The Morgan fingerprint density at radius 2 is 1.79 bits per heavy atom. The van der Waals surface area contributed by atoms with Gasteiger partial charge in [-0.05, 0) is 36.2 Å². The molecule has 8 heteroatoms. The highest BCUT2D eigenvalue weighted by Crippen LogP contribution is 2.17. The normalized spacial score (nSPS) is 10.9. The summed E-state index contributed by atoms with van der Waals surface area (Å²) < 4.78 is 31.3. The van der Waals surface area contributed by atoms with E-state index in [1.54, 1.807) is 36.4 Å². The molecular weight excluding hydrogens is 354 g/mol. The van der Waals surface area contributed by atoms with Crippen LogP contribution < -0.4 is 14.2 Å². The van der Waals surface area contributed by atoms with Gasteiger partial charge in [0.25, 0.3) is 5.91 Å². The van der Waals surface area contributed by atoms with Gasteiger partial charge in [-0.15, -0.1) is 0 Å². The molecule has 0 aliphatic rings. The number of nitrogens with one attached hydrogen (secondary N) is 1. The van der Waals surface area contributed by atoms with Crippen molar-refractivity contribution in [2.24, 2.45) is 0 Å². The van der Waals surface area contributed by atoms with Crippen molar-refractivity contribution in [1.29, 1.82) is 0 Å². The first kappa shape index (κ1) is 18.1. The molecule has 128 valence electrons. The molecule has 0 radical (unpaired) electrons. The van der Waals surface area contributed by atoms with Crippen LogP contribution in [-0.4, -0.2) is 28.0 Å². The third-order valence-electron chi connectivity index (χ3n) is 3.17. The summed E-state index contributed by atoms with van der Waals surface area (Å²) in [4.78, 5) is 12.1. The summed E-state index contributed by atoms with van der Waals surface area (Å²) in [6, 6.07) is 13.4. The zero-order valence-electron chi connectivity index (χ0n) is 12.9. The maximum atomic E-state index is 12.1. The van der Waals surface area contributed by atoms with Crippen LogP contribution in [0.5, 0.6) is 11.5 Å². The summed E-state index contributed by atoms with van der Waals surface area (Å²) in [5.41, 5.74) is 1.38. The number of hydrogen-bond acceptors (Lipinski definition) is 5. The Bertz CT molecular complexity index is 805. The van der Waals surface area contributed by atoms with Gasteiger partial charge in [0, 0.05) is 6.54 Å². The van der Waals surface area contributed by atoms with Gasteiger partial charge < -0.3 is 14.2 Å². The topological polar surface area (TPSA) is 81.7 Å². The Balaban J connectivity index is 1.89. The Kier molecular flexibility index (Phi) is 6.05. The van der Waals surface area contributed by atoms with E-state index in [4.69, 9.17) is 15.4 Å². The van der Waals surface area contributed by atoms with E-state index in [1.807, 2.05) is 0 Å². The Hall–Kier alpha value is -2.25. The molecule has 0 aliphatic heterocycles. The van der Waals surface area contributed by atoms with E-state index in [9.17, 15) is 13.2 Å². The van der Waals surface area contributed by atoms with Crippen LogP contribution in [0.3, 0.4) is 0 Å². The molecule has 2 rings (SSSR count). The zero-order valence-corrected chi connectivity index (χ0v) is 14.4. The van der Waals surface area contributed by atoms with Crippen molar-refractivity contribution in [2.45, 2.75) is 6.42 Å². The summed E-state index contributed by atoms with van der Waals surface area (Å²) in [6.45, 7) is 0.422. The summed E-state index contributed by atoms with van der Waals surface area (Å²) in [7, 11) is 2.46. The molecule has 0 spiro atoms. The minimum Gasteiger partial charge on any atom is -0.496 e. The van der Waals surface area contributed by atoms with Gasteiger partial charge in [0.2, 0.25) is 0 Å². The number of halogens is 1.